The summed E-state index contributed by atoms with van der Waals surface area (Å²) in [6, 6.07) is 5.93. The first-order valence-electron chi connectivity index (χ1n) is 5.95. The van der Waals surface area contributed by atoms with Crippen LogP contribution in [0.15, 0.2) is 18.2 Å². The maximum Gasteiger partial charge on any atom is 0.272 e. The van der Waals surface area contributed by atoms with Crippen LogP contribution in [-0.2, 0) is 0 Å². The van der Waals surface area contributed by atoms with Crippen LogP contribution in [0.4, 0.5) is 5.69 Å². The zero-order chi connectivity index (χ0) is 13.7. The normalized spacial score (nSPS) is 14.2. The fourth-order valence-corrected chi connectivity index (χ4v) is 2.51. The number of hydrogen-bond donors (Lipinski definition) is 1. The Labute approximate surface area is 112 Å². The summed E-state index contributed by atoms with van der Waals surface area (Å²) >= 11 is 1.79. The lowest BCUT2D eigenvalue weighted by atomic mass is 10.0. The first kappa shape index (κ1) is 15.0. The van der Waals surface area contributed by atoms with Gasteiger partial charge in [0.1, 0.15) is 0 Å². The Morgan fingerprint density at radius 3 is 2.67 bits per heavy atom. The molecule has 4 nitrogen and oxygen atoms in total. The monoisotopic (exact) mass is 268 g/mol. The van der Waals surface area contributed by atoms with Gasteiger partial charge >= 0.3 is 0 Å². The fraction of sp³-hybridized carbons (Fsp3) is 0.538. The number of nitro groups is 1. The summed E-state index contributed by atoms with van der Waals surface area (Å²) in [5, 5.41) is 14.3. The van der Waals surface area contributed by atoms with Crippen LogP contribution in [0.5, 0.6) is 0 Å². The van der Waals surface area contributed by atoms with Gasteiger partial charge in [-0.1, -0.05) is 12.1 Å². The maximum absolute atomic E-state index is 10.9. The summed E-state index contributed by atoms with van der Waals surface area (Å²) in [7, 11) is 0. The molecule has 1 aromatic rings. The number of nitro benzene ring substituents is 1. The summed E-state index contributed by atoms with van der Waals surface area (Å²) < 4.78 is 0. The van der Waals surface area contributed by atoms with Crippen LogP contribution in [0.25, 0.3) is 0 Å². The molecule has 0 bridgehead atoms. The van der Waals surface area contributed by atoms with Crippen LogP contribution in [0.2, 0.25) is 0 Å². The SMILES string of the molecule is CSCC(C)NC(C)c1ccc(C)c([N+](=O)[O-])c1. The molecule has 1 aromatic carbocycles. The molecule has 100 valence electrons. The van der Waals surface area contributed by atoms with Gasteiger partial charge in [0.2, 0.25) is 0 Å². The van der Waals surface area contributed by atoms with Gasteiger partial charge < -0.3 is 5.32 Å². The number of hydrogen-bond acceptors (Lipinski definition) is 4. The highest BCUT2D eigenvalue weighted by Gasteiger charge is 2.15. The predicted molar refractivity (Wildman–Crippen MR) is 77.2 cm³/mol. The first-order valence-corrected chi connectivity index (χ1v) is 7.35. The van der Waals surface area contributed by atoms with Crippen LogP contribution >= 0.6 is 11.8 Å². The highest BCUT2D eigenvalue weighted by Crippen LogP contribution is 2.23. The van der Waals surface area contributed by atoms with Crippen LogP contribution < -0.4 is 5.32 Å². The standard InChI is InChI=1S/C13H20N2O2S/c1-9-5-6-12(7-13(9)15(16)17)11(3)14-10(2)8-18-4/h5-7,10-11,14H,8H2,1-4H3. The van der Waals surface area contributed by atoms with E-state index in [1.807, 2.05) is 19.1 Å². The molecular formula is C13H20N2O2S. The van der Waals surface area contributed by atoms with Crippen molar-refractivity contribution in [2.45, 2.75) is 32.9 Å². The Kier molecular flexibility index (Phi) is 5.62. The lowest BCUT2D eigenvalue weighted by molar-refractivity contribution is -0.385. The van der Waals surface area contributed by atoms with Crippen LogP contribution in [0.3, 0.4) is 0 Å². The zero-order valence-electron chi connectivity index (χ0n) is 11.3. The number of nitrogens with one attached hydrogen (secondary N) is 1. The molecule has 0 radical (unpaired) electrons. The van der Waals surface area contributed by atoms with Gasteiger partial charge in [-0.05, 0) is 32.6 Å². The molecule has 0 aliphatic heterocycles. The molecule has 0 saturated heterocycles. The van der Waals surface area contributed by atoms with Crippen molar-refractivity contribution in [1.29, 1.82) is 0 Å². The molecule has 0 saturated carbocycles. The molecule has 0 aliphatic rings. The first-order chi connectivity index (χ1) is 8.45. The molecule has 1 rings (SSSR count). The zero-order valence-corrected chi connectivity index (χ0v) is 12.1. The summed E-state index contributed by atoms with van der Waals surface area (Å²) in [4.78, 5) is 10.6. The van der Waals surface area contributed by atoms with Gasteiger partial charge in [0.25, 0.3) is 5.69 Å². The lowest BCUT2D eigenvalue weighted by Crippen LogP contribution is -2.30. The molecule has 18 heavy (non-hydrogen) atoms. The van der Waals surface area contributed by atoms with Crippen molar-refractivity contribution >= 4 is 17.4 Å². The van der Waals surface area contributed by atoms with Gasteiger partial charge in [-0.3, -0.25) is 10.1 Å². The number of aryl methyl sites for hydroxylation is 1. The van der Waals surface area contributed by atoms with Gasteiger partial charge in [0.05, 0.1) is 4.92 Å². The average Bonchev–Trinajstić information content (AvgIpc) is 2.29. The van der Waals surface area contributed by atoms with Gasteiger partial charge in [-0.15, -0.1) is 0 Å². The third-order valence-corrected chi connectivity index (χ3v) is 3.71. The summed E-state index contributed by atoms with van der Waals surface area (Å²) in [5.74, 6) is 1.03. The Hall–Kier alpha value is -1.07. The van der Waals surface area contributed by atoms with E-state index in [-0.39, 0.29) is 16.7 Å². The van der Waals surface area contributed by atoms with E-state index in [1.165, 1.54) is 0 Å². The van der Waals surface area contributed by atoms with Crippen LogP contribution in [0, 0.1) is 17.0 Å². The Balaban J connectivity index is 2.83. The van der Waals surface area contributed by atoms with Gasteiger partial charge in [0, 0.05) is 29.5 Å². The molecule has 0 fully saturated rings. The Morgan fingerprint density at radius 2 is 2.11 bits per heavy atom. The van der Waals surface area contributed by atoms with E-state index in [1.54, 1.807) is 24.8 Å². The number of benzene rings is 1. The van der Waals surface area contributed by atoms with Crippen molar-refractivity contribution in [3.05, 3.63) is 39.4 Å². The second kappa shape index (κ2) is 6.75. The van der Waals surface area contributed by atoms with Crippen LogP contribution in [-0.4, -0.2) is 23.0 Å². The minimum Gasteiger partial charge on any atom is -0.307 e. The third kappa shape index (κ3) is 3.99. The number of nitrogens with zero attached hydrogens (tertiary/aromatic N) is 1. The average molecular weight is 268 g/mol. The molecule has 2 unspecified atom stereocenters. The van der Waals surface area contributed by atoms with E-state index < -0.39 is 0 Å². The molecule has 0 aromatic heterocycles. The van der Waals surface area contributed by atoms with Crippen molar-refractivity contribution in [2.24, 2.45) is 0 Å². The van der Waals surface area contributed by atoms with E-state index in [9.17, 15) is 10.1 Å². The second-order valence-corrected chi connectivity index (χ2v) is 5.46. The molecule has 0 aliphatic carbocycles. The smallest absolute Gasteiger partial charge is 0.272 e. The second-order valence-electron chi connectivity index (χ2n) is 4.55. The molecule has 0 spiro atoms. The van der Waals surface area contributed by atoms with E-state index in [0.29, 0.717) is 11.6 Å². The quantitative estimate of drug-likeness (QED) is 0.635. The van der Waals surface area contributed by atoms with Crippen LogP contribution in [0.1, 0.15) is 31.0 Å². The van der Waals surface area contributed by atoms with E-state index >= 15 is 0 Å². The molecule has 5 heteroatoms. The number of thioether (sulfide) groups is 1. The van der Waals surface area contributed by atoms with Gasteiger partial charge in [0.15, 0.2) is 0 Å². The molecule has 0 heterocycles. The summed E-state index contributed by atoms with van der Waals surface area (Å²) in [6.07, 6.45) is 2.07. The van der Waals surface area contributed by atoms with Crippen molar-refractivity contribution in [3.8, 4) is 0 Å². The maximum atomic E-state index is 10.9. The molecule has 0 amide bonds. The highest BCUT2D eigenvalue weighted by molar-refractivity contribution is 7.98. The lowest BCUT2D eigenvalue weighted by Gasteiger charge is -2.19. The highest BCUT2D eigenvalue weighted by atomic mass is 32.2. The van der Waals surface area contributed by atoms with Crippen molar-refractivity contribution in [2.75, 3.05) is 12.0 Å². The fourth-order valence-electron chi connectivity index (χ4n) is 1.91. The third-order valence-electron chi connectivity index (χ3n) is 2.88. The van der Waals surface area contributed by atoms with E-state index in [0.717, 1.165) is 11.3 Å². The molecule has 1 N–H and O–H groups in total. The largest absolute Gasteiger partial charge is 0.307 e. The molecular weight excluding hydrogens is 248 g/mol. The van der Waals surface area contributed by atoms with Gasteiger partial charge in [-0.25, -0.2) is 0 Å². The Bertz CT molecular complexity index is 423. The van der Waals surface area contributed by atoms with E-state index in [4.69, 9.17) is 0 Å². The van der Waals surface area contributed by atoms with E-state index in [2.05, 4.69) is 18.5 Å². The Morgan fingerprint density at radius 1 is 1.44 bits per heavy atom. The summed E-state index contributed by atoms with van der Waals surface area (Å²) in [6.45, 7) is 5.91. The van der Waals surface area contributed by atoms with Gasteiger partial charge in [-0.2, -0.15) is 11.8 Å². The summed E-state index contributed by atoms with van der Waals surface area (Å²) in [5.41, 5.74) is 1.85. The van der Waals surface area contributed by atoms with Crippen molar-refractivity contribution < 1.29 is 4.92 Å². The minimum absolute atomic E-state index is 0.117. The minimum atomic E-state index is -0.323. The predicted octanol–water partition coefficient (Wildman–Crippen LogP) is 3.31. The van der Waals surface area contributed by atoms with Crippen molar-refractivity contribution in [1.82, 2.24) is 5.32 Å². The topological polar surface area (TPSA) is 55.2 Å². The number of rotatable bonds is 6. The molecule has 2 atom stereocenters. The van der Waals surface area contributed by atoms with Crippen molar-refractivity contribution in [3.63, 3.8) is 0 Å².